The summed E-state index contributed by atoms with van der Waals surface area (Å²) in [7, 11) is 0. The zero-order valence-electron chi connectivity index (χ0n) is 10.7. The molecule has 0 aliphatic heterocycles. The van der Waals surface area contributed by atoms with Crippen LogP contribution in [0.25, 0.3) is 0 Å². The van der Waals surface area contributed by atoms with Gasteiger partial charge in [0.05, 0.1) is 16.9 Å². The molecule has 0 unspecified atom stereocenters. The average Bonchev–Trinajstić information content (AvgIpc) is 2.42. The van der Waals surface area contributed by atoms with Crippen LogP contribution in [-0.2, 0) is 4.79 Å². The van der Waals surface area contributed by atoms with Crippen LogP contribution in [0.2, 0.25) is 0 Å². The van der Waals surface area contributed by atoms with Crippen LogP contribution in [0.4, 0.5) is 5.69 Å². The van der Waals surface area contributed by atoms with Crippen molar-refractivity contribution in [2.45, 2.75) is 12.5 Å². The topological polar surface area (TPSA) is 112 Å². The fourth-order valence-corrected chi connectivity index (χ4v) is 1.96. The highest BCUT2D eigenvalue weighted by Gasteiger charge is 2.16. The first kappa shape index (κ1) is 16.0. The molecule has 20 heavy (non-hydrogen) atoms. The summed E-state index contributed by atoms with van der Waals surface area (Å²) in [6, 6.07) is 3.97. The molecule has 0 aromatic heterocycles. The van der Waals surface area contributed by atoms with Crippen molar-refractivity contribution in [3.63, 3.8) is 0 Å². The fraction of sp³-hybridized carbons (Fsp3) is 0.333. The number of nitrogens with one attached hydrogen (secondary N) is 1. The number of amides is 1. The first-order valence-electron chi connectivity index (χ1n) is 5.71. The minimum absolute atomic E-state index is 0.0367. The Kier molecular flexibility index (Phi) is 5.98. The van der Waals surface area contributed by atoms with Crippen LogP contribution in [-0.4, -0.2) is 34.9 Å². The minimum atomic E-state index is -1.38. The molecule has 1 amide bonds. The van der Waals surface area contributed by atoms with Gasteiger partial charge in [-0.3, -0.25) is 14.9 Å². The van der Waals surface area contributed by atoms with Crippen LogP contribution in [0.3, 0.4) is 0 Å². The van der Waals surface area contributed by atoms with E-state index in [9.17, 15) is 24.8 Å². The predicted molar refractivity (Wildman–Crippen MR) is 72.4 cm³/mol. The van der Waals surface area contributed by atoms with E-state index in [-0.39, 0.29) is 17.7 Å². The second kappa shape index (κ2) is 7.49. The van der Waals surface area contributed by atoms with Gasteiger partial charge in [0.15, 0.2) is 0 Å². The summed E-state index contributed by atoms with van der Waals surface area (Å²) in [5.74, 6) is -1.50. The number of nitro benzene ring substituents is 1. The molecule has 108 valence electrons. The lowest BCUT2D eigenvalue weighted by Crippen LogP contribution is -2.48. The predicted octanol–water partition coefficient (Wildman–Crippen LogP) is 0.196. The van der Waals surface area contributed by atoms with Gasteiger partial charge in [0, 0.05) is 17.7 Å². The molecule has 0 saturated carbocycles. The van der Waals surface area contributed by atoms with Crippen LogP contribution in [0.1, 0.15) is 16.8 Å². The van der Waals surface area contributed by atoms with Crippen LogP contribution in [0.5, 0.6) is 0 Å². The monoisotopic (exact) mass is 297 g/mol. The number of nitro groups is 1. The number of nitrogens with zero attached hydrogens (tertiary/aromatic N) is 1. The normalized spacial score (nSPS) is 11.7. The number of non-ortho nitro benzene ring substituents is 1. The maximum absolute atomic E-state index is 11.9. The Morgan fingerprint density at radius 2 is 2.15 bits per heavy atom. The molecule has 0 radical (unpaired) electrons. The van der Waals surface area contributed by atoms with Gasteiger partial charge in [-0.05, 0) is 24.5 Å². The number of benzene rings is 1. The third-order valence-corrected chi connectivity index (χ3v) is 3.16. The van der Waals surface area contributed by atoms with E-state index in [2.05, 4.69) is 5.32 Å². The summed E-state index contributed by atoms with van der Waals surface area (Å²) in [5, 5.41) is 23.8. The molecule has 0 bridgehead atoms. The summed E-state index contributed by atoms with van der Waals surface area (Å²) in [4.78, 5) is 32.8. The summed E-state index contributed by atoms with van der Waals surface area (Å²) >= 11 is 1.44. The first-order valence-corrected chi connectivity index (χ1v) is 7.10. The van der Waals surface area contributed by atoms with E-state index in [1.54, 1.807) is 0 Å². The Morgan fingerprint density at radius 1 is 1.45 bits per heavy atom. The van der Waals surface area contributed by atoms with Crippen molar-refractivity contribution in [3.05, 3.63) is 39.9 Å². The van der Waals surface area contributed by atoms with Gasteiger partial charge in [-0.2, -0.15) is 11.8 Å². The largest absolute Gasteiger partial charge is 0.548 e. The van der Waals surface area contributed by atoms with Gasteiger partial charge >= 0.3 is 0 Å². The summed E-state index contributed by atoms with van der Waals surface area (Å²) < 4.78 is 0. The smallest absolute Gasteiger partial charge is 0.270 e. The number of carbonyl (C=O) groups is 2. The van der Waals surface area contributed by atoms with E-state index in [4.69, 9.17) is 0 Å². The number of thioether (sulfide) groups is 1. The summed E-state index contributed by atoms with van der Waals surface area (Å²) in [6.07, 6.45) is 2.04. The molecule has 1 rings (SSSR count). The quantitative estimate of drug-likeness (QED) is 0.568. The van der Waals surface area contributed by atoms with Gasteiger partial charge in [0.25, 0.3) is 11.6 Å². The van der Waals surface area contributed by atoms with E-state index < -0.39 is 22.8 Å². The molecular formula is C12H13N2O5S-. The van der Waals surface area contributed by atoms with Crippen molar-refractivity contribution in [2.75, 3.05) is 12.0 Å². The molecule has 1 aromatic carbocycles. The van der Waals surface area contributed by atoms with Crippen molar-refractivity contribution in [1.82, 2.24) is 5.32 Å². The van der Waals surface area contributed by atoms with Crippen molar-refractivity contribution < 1.29 is 19.6 Å². The van der Waals surface area contributed by atoms with Gasteiger partial charge in [-0.1, -0.05) is 6.07 Å². The first-order chi connectivity index (χ1) is 9.45. The number of hydrogen-bond donors (Lipinski definition) is 1. The minimum Gasteiger partial charge on any atom is -0.548 e. The summed E-state index contributed by atoms with van der Waals surface area (Å²) in [6.45, 7) is 0. The molecule has 7 nitrogen and oxygen atoms in total. The van der Waals surface area contributed by atoms with Crippen molar-refractivity contribution >= 4 is 29.3 Å². The standard InChI is InChI=1S/C12H14N2O5S/c1-20-6-5-10(12(16)17)13-11(15)8-3-2-4-9(7-8)14(18)19/h2-4,7,10H,5-6H2,1H3,(H,13,15)(H,16,17)/p-1/t10-/m1/s1. The van der Waals surface area contributed by atoms with Gasteiger partial charge in [0.1, 0.15) is 0 Å². The molecule has 1 aromatic rings. The van der Waals surface area contributed by atoms with Gasteiger partial charge in [-0.15, -0.1) is 0 Å². The SMILES string of the molecule is CSCC[C@@H](NC(=O)c1cccc([N+](=O)[O-])c1)C(=O)[O-]. The lowest BCUT2D eigenvalue weighted by Gasteiger charge is -2.19. The number of aliphatic carboxylic acids is 1. The van der Waals surface area contributed by atoms with E-state index in [1.165, 1.54) is 30.0 Å². The highest BCUT2D eigenvalue weighted by atomic mass is 32.2. The van der Waals surface area contributed by atoms with Gasteiger partial charge in [-0.25, -0.2) is 0 Å². The molecule has 1 N–H and O–H groups in total. The molecule has 8 heteroatoms. The Hall–Kier alpha value is -2.09. The van der Waals surface area contributed by atoms with Crippen LogP contribution in [0.15, 0.2) is 24.3 Å². The highest BCUT2D eigenvalue weighted by Crippen LogP contribution is 2.13. The maximum Gasteiger partial charge on any atom is 0.270 e. The van der Waals surface area contributed by atoms with Gasteiger partial charge < -0.3 is 15.2 Å². The number of carboxylic acid groups (broad SMARTS) is 1. The Morgan fingerprint density at radius 3 is 2.70 bits per heavy atom. The van der Waals surface area contributed by atoms with Crippen LogP contribution >= 0.6 is 11.8 Å². The van der Waals surface area contributed by atoms with E-state index in [0.29, 0.717) is 5.75 Å². The maximum atomic E-state index is 11.9. The van der Waals surface area contributed by atoms with Crippen LogP contribution < -0.4 is 10.4 Å². The van der Waals surface area contributed by atoms with E-state index in [1.807, 2.05) is 6.26 Å². The Balaban J connectivity index is 2.80. The number of hydrogen-bond acceptors (Lipinski definition) is 6. The fourth-order valence-electron chi connectivity index (χ4n) is 1.49. The molecule has 0 saturated heterocycles. The molecule has 0 aliphatic carbocycles. The number of carboxylic acids is 1. The Labute approximate surface area is 119 Å². The molecule has 1 atom stereocenters. The lowest BCUT2D eigenvalue weighted by molar-refractivity contribution is -0.384. The molecular weight excluding hydrogens is 284 g/mol. The number of rotatable bonds is 7. The second-order valence-corrected chi connectivity index (χ2v) is 4.92. The van der Waals surface area contributed by atoms with Crippen molar-refractivity contribution in [2.24, 2.45) is 0 Å². The second-order valence-electron chi connectivity index (χ2n) is 3.93. The van der Waals surface area contributed by atoms with Crippen molar-refractivity contribution in [3.8, 4) is 0 Å². The zero-order chi connectivity index (χ0) is 15.1. The van der Waals surface area contributed by atoms with E-state index in [0.717, 1.165) is 6.07 Å². The number of carbonyl (C=O) groups excluding carboxylic acids is 2. The third kappa shape index (κ3) is 4.54. The van der Waals surface area contributed by atoms with E-state index >= 15 is 0 Å². The molecule has 0 aliphatic rings. The van der Waals surface area contributed by atoms with Gasteiger partial charge in [0.2, 0.25) is 0 Å². The summed E-state index contributed by atoms with van der Waals surface area (Å²) in [5.41, 5.74) is -0.193. The van der Waals surface area contributed by atoms with Crippen molar-refractivity contribution in [1.29, 1.82) is 0 Å². The van der Waals surface area contributed by atoms with Crippen LogP contribution in [0, 0.1) is 10.1 Å². The molecule has 0 heterocycles. The Bertz CT molecular complexity index is 520. The zero-order valence-corrected chi connectivity index (χ0v) is 11.5. The lowest BCUT2D eigenvalue weighted by atomic mass is 10.1. The average molecular weight is 297 g/mol. The third-order valence-electron chi connectivity index (χ3n) is 2.52. The molecule has 0 fully saturated rings. The highest BCUT2D eigenvalue weighted by molar-refractivity contribution is 7.98. The molecule has 0 spiro atoms.